The molecule has 0 aromatic heterocycles. The molecule has 1 fully saturated rings. The second-order valence-corrected chi connectivity index (χ2v) is 4.72. The van der Waals surface area contributed by atoms with E-state index in [1.165, 1.54) is 6.42 Å². The lowest BCUT2D eigenvalue weighted by Gasteiger charge is -2.35. The standard InChI is InChI=1S/C10H20O2/c1-10(2,3)9(11)8-6-4-5-7-12-8/h8-9,11H,4-7H2,1-3H3. The van der Waals surface area contributed by atoms with Crippen LogP contribution in [0.25, 0.3) is 0 Å². The van der Waals surface area contributed by atoms with Crippen molar-refractivity contribution < 1.29 is 9.84 Å². The van der Waals surface area contributed by atoms with Gasteiger partial charge in [-0.2, -0.15) is 0 Å². The smallest absolute Gasteiger partial charge is 0.0849 e. The van der Waals surface area contributed by atoms with Crippen molar-refractivity contribution in [1.82, 2.24) is 0 Å². The highest BCUT2D eigenvalue weighted by molar-refractivity contribution is 4.82. The maximum absolute atomic E-state index is 9.89. The van der Waals surface area contributed by atoms with Gasteiger partial charge in [-0.25, -0.2) is 0 Å². The van der Waals surface area contributed by atoms with Crippen LogP contribution in [0.1, 0.15) is 40.0 Å². The molecule has 2 atom stereocenters. The monoisotopic (exact) mass is 172 g/mol. The van der Waals surface area contributed by atoms with Crippen molar-refractivity contribution in [3.63, 3.8) is 0 Å². The summed E-state index contributed by atoms with van der Waals surface area (Å²) in [4.78, 5) is 0. The van der Waals surface area contributed by atoms with E-state index in [2.05, 4.69) is 20.8 Å². The Labute approximate surface area is 74.9 Å². The molecule has 1 N–H and O–H groups in total. The molecule has 0 aromatic carbocycles. The summed E-state index contributed by atoms with van der Waals surface area (Å²) in [7, 11) is 0. The van der Waals surface area contributed by atoms with Gasteiger partial charge in [0.1, 0.15) is 0 Å². The van der Waals surface area contributed by atoms with Crippen LogP contribution in [0, 0.1) is 5.41 Å². The third kappa shape index (κ3) is 2.46. The van der Waals surface area contributed by atoms with E-state index >= 15 is 0 Å². The molecule has 2 unspecified atom stereocenters. The Balaban J connectivity index is 2.45. The zero-order valence-electron chi connectivity index (χ0n) is 8.34. The van der Waals surface area contributed by atoms with E-state index in [1.807, 2.05) is 0 Å². The average molecular weight is 172 g/mol. The molecule has 0 aliphatic carbocycles. The van der Waals surface area contributed by atoms with Crippen LogP contribution in [0.15, 0.2) is 0 Å². The molecule has 0 bridgehead atoms. The lowest BCUT2D eigenvalue weighted by atomic mass is 9.84. The summed E-state index contributed by atoms with van der Waals surface area (Å²) in [5, 5.41) is 9.89. The summed E-state index contributed by atoms with van der Waals surface area (Å²) in [5.41, 5.74) is -0.0536. The molecule has 72 valence electrons. The van der Waals surface area contributed by atoms with Crippen LogP contribution in [-0.2, 0) is 4.74 Å². The Morgan fingerprint density at radius 3 is 2.42 bits per heavy atom. The lowest BCUT2D eigenvalue weighted by Crippen LogP contribution is -2.41. The van der Waals surface area contributed by atoms with Gasteiger partial charge < -0.3 is 9.84 Å². The normalized spacial score (nSPS) is 28.5. The summed E-state index contributed by atoms with van der Waals surface area (Å²) in [6.07, 6.45) is 3.10. The predicted octanol–water partition coefficient (Wildman–Crippen LogP) is 1.96. The van der Waals surface area contributed by atoms with Crippen LogP contribution >= 0.6 is 0 Å². The fraction of sp³-hybridized carbons (Fsp3) is 1.00. The molecule has 0 aromatic rings. The van der Waals surface area contributed by atoms with Gasteiger partial charge in [-0.15, -0.1) is 0 Å². The quantitative estimate of drug-likeness (QED) is 0.655. The molecule has 12 heavy (non-hydrogen) atoms. The van der Waals surface area contributed by atoms with E-state index in [1.54, 1.807) is 0 Å². The van der Waals surface area contributed by atoms with Crippen LogP contribution in [0.3, 0.4) is 0 Å². The second kappa shape index (κ2) is 3.75. The van der Waals surface area contributed by atoms with Gasteiger partial charge in [0.2, 0.25) is 0 Å². The van der Waals surface area contributed by atoms with Crippen LogP contribution in [0.5, 0.6) is 0 Å². The molecule has 2 nitrogen and oxygen atoms in total. The summed E-state index contributed by atoms with van der Waals surface area (Å²) in [5.74, 6) is 0. The minimum Gasteiger partial charge on any atom is -0.390 e. The molecule has 1 rings (SSSR count). The van der Waals surface area contributed by atoms with E-state index < -0.39 is 0 Å². The second-order valence-electron chi connectivity index (χ2n) is 4.72. The van der Waals surface area contributed by atoms with Crippen molar-refractivity contribution in [1.29, 1.82) is 0 Å². The SMILES string of the molecule is CC(C)(C)C(O)C1CCCCO1. The molecule has 0 amide bonds. The third-order valence-electron chi connectivity index (χ3n) is 2.45. The van der Waals surface area contributed by atoms with Gasteiger partial charge in [-0.3, -0.25) is 0 Å². The molecule has 0 saturated carbocycles. The van der Waals surface area contributed by atoms with Gasteiger partial charge >= 0.3 is 0 Å². The zero-order chi connectivity index (χ0) is 9.19. The number of aliphatic hydroxyl groups excluding tert-OH is 1. The fourth-order valence-corrected chi connectivity index (χ4v) is 1.57. The first-order chi connectivity index (χ1) is 5.52. The Hall–Kier alpha value is -0.0800. The van der Waals surface area contributed by atoms with Gasteiger partial charge in [0.15, 0.2) is 0 Å². The van der Waals surface area contributed by atoms with Gasteiger partial charge in [-0.1, -0.05) is 20.8 Å². The van der Waals surface area contributed by atoms with E-state index in [4.69, 9.17) is 4.74 Å². The van der Waals surface area contributed by atoms with E-state index in [-0.39, 0.29) is 17.6 Å². The molecule has 1 saturated heterocycles. The van der Waals surface area contributed by atoms with Gasteiger partial charge in [0.05, 0.1) is 12.2 Å². The number of rotatable bonds is 1. The first-order valence-electron chi connectivity index (χ1n) is 4.81. The highest BCUT2D eigenvalue weighted by Crippen LogP contribution is 2.27. The number of ether oxygens (including phenoxy) is 1. The minimum absolute atomic E-state index is 0.0536. The van der Waals surface area contributed by atoms with Crippen molar-refractivity contribution >= 4 is 0 Å². The Bertz CT molecular complexity index is 131. The van der Waals surface area contributed by atoms with E-state index in [9.17, 15) is 5.11 Å². The van der Waals surface area contributed by atoms with Crippen LogP contribution < -0.4 is 0 Å². The number of hydrogen-bond acceptors (Lipinski definition) is 2. The Morgan fingerprint density at radius 1 is 1.33 bits per heavy atom. The topological polar surface area (TPSA) is 29.5 Å². The molecule has 2 heteroatoms. The Kier molecular flexibility index (Phi) is 3.13. The minimum atomic E-state index is -0.321. The summed E-state index contributed by atoms with van der Waals surface area (Å²) < 4.78 is 5.52. The van der Waals surface area contributed by atoms with Crippen molar-refractivity contribution in [2.45, 2.75) is 52.2 Å². The van der Waals surface area contributed by atoms with Crippen LogP contribution in [-0.4, -0.2) is 23.9 Å². The summed E-state index contributed by atoms with van der Waals surface area (Å²) in [6, 6.07) is 0. The molecule has 0 spiro atoms. The van der Waals surface area contributed by atoms with Crippen LogP contribution in [0.4, 0.5) is 0 Å². The zero-order valence-corrected chi connectivity index (χ0v) is 8.34. The van der Waals surface area contributed by atoms with Crippen molar-refractivity contribution in [3.05, 3.63) is 0 Å². The molecule has 1 aliphatic rings. The summed E-state index contributed by atoms with van der Waals surface area (Å²) >= 11 is 0. The third-order valence-corrected chi connectivity index (χ3v) is 2.45. The molecular formula is C10H20O2. The average Bonchev–Trinajstić information content (AvgIpc) is 2.03. The molecule has 0 radical (unpaired) electrons. The van der Waals surface area contributed by atoms with Gasteiger partial charge in [0, 0.05) is 6.61 Å². The van der Waals surface area contributed by atoms with Gasteiger partial charge in [0.25, 0.3) is 0 Å². The lowest BCUT2D eigenvalue weighted by molar-refractivity contribution is -0.100. The summed E-state index contributed by atoms with van der Waals surface area (Å²) in [6.45, 7) is 6.97. The number of aliphatic hydroxyl groups is 1. The first-order valence-corrected chi connectivity index (χ1v) is 4.81. The highest BCUT2D eigenvalue weighted by atomic mass is 16.5. The molecule has 1 aliphatic heterocycles. The van der Waals surface area contributed by atoms with Crippen molar-refractivity contribution in [2.75, 3.05) is 6.61 Å². The van der Waals surface area contributed by atoms with Crippen molar-refractivity contribution in [2.24, 2.45) is 5.41 Å². The molecular weight excluding hydrogens is 152 g/mol. The first kappa shape index (κ1) is 10.0. The van der Waals surface area contributed by atoms with Crippen molar-refractivity contribution in [3.8, 4) is 0 Å². The van der Waals surface area contributed by atoms with E-state index in [0.717, 1.165) is 19.4 Å². The molecule has 1 heterocycles. The van der Waals surface area contributed by atoms with Gasteiger partial charge in [-0.05, 0) is 24.7 Å². The highest BCUT2D eigenvalue weighted by Gasteiger charge is 2.31. The van der Waals surface area contributed by atoms with Crippen LogP contribution in [0.2, 0.25) is 0 Å². The van der Waals surface area contributed by atoms with E-state index in [0.29, 0.717) is 0 Å². The Morgan fingerprint density at radius 2 is 2.00 bits per heavy atom. The fourth-order valence-electron chi connectivity index (χ4n) is 1.57. The maximum atomic E-state index is 9.89. The largest absolute Gasteiger partial charge is 0.390 e. The maximum Gasteiger partial charge on any atom is 0.0849 e. The number of hydrogen-bond donors (Lipinski definition) is 1. The predicted molar refractivity (Wildman–Crippen MR) is 49.1 cm³/mol.